The van der Waals surface area contributed by atoms with Gasteiger partial charge in [0.15, 0.2) is 9.84 Å². The first-order valence-corrected chi connectivity index (χ1v) is 10.6. The maximum absolute atomic E-state index is 12.3. The Balaban J connectivity index is 1.56. The van der Waals surface area contributed by atoms with Crippen molar-refractivity contribution in [3.8, 4) is 0 Å². The first-order chi connectivity index (χ1) is 12.3. The molecule has 1 unspecified atom stereocenters. The molecule has 0 fully saturated rings. The van der Waals surface area contributed by atoms with Crippen LogP contribution in [0.4, 0.5) is 0 Å². The smallest absolute Gasteiger partial charge is 0.251 e. The second kappa shape index (κ2) is 7.60. The Morgan fingerprint density at radius 2 is 1.77 bits per heavy atom. The summed E-state index contributed by atoms with van der Waals surface area (Å²) in [5, 5.41) is 2.95. The molecule has 5 nitrogen and oxygen atoms in total. The third kappa shape index (κ3) is 4.31. The zero-order valence-corrected chi connectivity index (χ0v) is 15.9. The molecule has 0 saturated carbocycles. The van der Waals surface area contributed by atoms with E-state index in [1.807, 2.05) is 0 Å². The number of rotatable bonds is 5. The molecule has 1 atom stereocenters. The van der Waals surface area contributed by atoms with Crippen LogP contribution in [0.25, 0.3) is 0 Å². The summed E-state index contributed by atoms with van der Waals surface area (Å²) in [6, 6.07) is 14.7. The van der Waals surface area contributed by atoms with Crippen LogP contribution in [-0.4, -0.2) is 44.6 Å². The number of nitrogens with one attached hydrogen (secondary N) is 1. The highest BCUT2D eigenvalue weighted by Crippen LogP contribution is 2.20. The van der Waals surface area contributed by atoms with Crippen molar-refractivity contribution in [2.24, 2.45) is 0 Å². The predicted molar refractivity (Wildman–Crippen MR) is 102 cm³/mol. The Bertz CT molecular complexity index is 892. The van der Waals surface area contributed by atoms with E-state index in [1.54, 1.807) is 12.1 Å². The minimum atomic E-state index is -3.25. The topological polar surface area (TPSA) is 66.5 Å². The first kappa shape index (κ1) is 18.6. The molecule has 1 N–H and O–H groups in total. The van der Waals surface area contributed by atoms with Crippen molar-refractivity contribution in [2.45, 2.75) is 30.8 Å². The van der Waals surface area contributed by atoms with Crippen LogP contribution < -0.4 is 5.32 Å². The van der Waals surface area contributed by atoms with Gasteiger partial charge in [-0.05, 0) is 48.7 Å². The quantitative estimate of drug-likeness (QED) is 0.874. The van der Waals surface area contributed by atoms with E-state index in [1.165, 1.54) is 23.3 Å². The molecular formula is C20H24N2O3S. The summed E-state index contributed by atoms with van der Waals surface area (Å²) < 4.78 is 23.0. The average molecular weight is 372 g/mol. The third-order valence-corrected chi connectivity index (χ3v) is 6.01. The molecule has 1 aliphatic rings. The lowest BCUT2D eigenvalue weighted by molar-refractivity contribution is 0.0932. The number of hydrogen-bond donors (Lipinski definition) is 1. The zero-order valence-electron chi connectivity index (χ0n) is 15.1. The lowest BCUT2D eigenvalue weighted by atomic mass is 9.99. The Morgan fingerprint density at radius 3 is 2.42 bits per heavy atom. The van der Waals surface area contributed by atoms with Gasteiger partial charge in [0.2, 0.25) is 0 Å². The Labute approximate surface area is 154 Å². The fraction of sp³-hybridized carbons (Fsp3) is 0.350. The van der Waals surface area contributed by atoms with Crippen molar-refractivity contribution in [1.82, 2.24) is 10.2 Å². The van der Waals surface area contributed by atoms with Crippen molar-refractivity contribution in [2.75, 3.05) is 19.3 Å². The average Bonchev–Trinajstić information content (AvgIpc) is 2.64. The molecule has 26 heavy (non-hydrogen) atoms. The van der Waals surface area contributed by atoms with Gasteiger partial charge in [-0.3, -0.25) is 9.69 Å². The SMILES string of the molecule is CC(CNC(=O)c1ccc(S(C)(=O)=O)cc1)N1CCc2ccccc2C1. The molecule has 0 aromatic heterocycles. The first-order valence-electron chi connectivity index (χ1n) is 8.74. The van der Waals surface area contributed by atoms with Crippen LogP contribution in [0, 0.1) is 0 Å². The minimum Gasteiger partial charge on any atom is -0.350 e. The number of carbonyl (C=O) groups is 1. The van der Waals surface area contributed by atoms with Gasteiger partial charge in [0.05, 0.1) is 4.90 Å². The number of hydrogen-bond acceptors (Lipinski definition) is 4. The largest absolute Gasteiger partial charge is 0.350 e. The van der Waals surface area contributed by atoms with Gasteiger partial charge in [-0.15, -0.1) is 0 Å². The van der Waals surface area contributed by atoms with Crippen molar-refractivity contribution in [3.63, 3.8) is 0 Å². The second-order valence-electron chi connectivity index (χ2n) is 6.84. The summed E-state index contributed by atoms with van der Waals surface area (Å²) in [4.78, 5) is 14.9. The van der Waals surface area contributed by atoms with E-state index < -0.39 is 9.84 Å². The van der Waals surface area contributed by atoms with Crippen LogP contribution in [0.3, 0.4) is 0 Å². The molecular weight excluding hydrogens is 348 g/mol. The van der Waals surface area contributed by atoms with E-state index in [-0.39, 0.29) is 16.8 Å². The molecule has 0 bridgehead atoms. The molecule has 0 aliphatic carbocycles. The number of amides is 1. The minimum absolute atomic E-state index is 0.186. The van der Waals surface area contributed by atoms with Gasteiger partial charge in [-0.2, -0.15) is 0 Å². The van der Waals surface area contributed by atoms with Gasteiger partial charge in [-0.25, -0.2) is 8.42 Å². The monoisotopic (exact) mass is 372 g/mol. The summed E-state index contributed by atoms with van der Waals surface area (Å²) in [6.07, 6.45) is 2.18. The number of nitrogens with zero attached hydrogens (tertiary/aromatic N) is 1. The molecule has 138 valence electrons. The lowest BCUT2D eigenvalue weighted by Gasteiger charge is -2.33. The highest BCUT2D eigenvalue weighted by atomic mass is 32.2. The molecule has 1 heterocycles. The normalized spacial score (nSPS) is 15.9. The van der Waals surface area contributed by atoms with E-state index in [0.29, 0.717) is 12.1 Å². The zero-order chi connectivity index (χ0) is 18.7. The van der Waals surface area contributed by atoms with Crippen molar-refractivity contribution >= 4 is 15.7 Å². The molecule has 0 spiro atoms. The Morgan fingerprint density at radius 1 is 1.12 bits per heavy atom. The Kier molecular flexibility index (Phi) is 5.44. The molecule has 1 amide bonds. The van der Waals surface area contributed by atoms with E-state index in [9.17, 15) is 13.2 Å². The molecule has 0 saturated heterocycles. The fourth-order valence-electron chi connectivity index (χ4n) is 3.22. The number of carbonyl (C=O) groups excluding carboxylic acids is 1. The van der Waals surface area contributed by atoms with Crippen LogP contribution in [0.2, 0.25) is 0 Å². The molecule has 2 aromatic rings. The second-order valence-corrected chi connectivity index (χ2v) is 8.86. The highest BCUT2D eigenvalue weighted by Gasteiger charge is 2.21. The summed E-state index contributed by atoms with van der Waals surface area (Å²) in [7, 11) is -3.25. The van der Waals surface area contributed by atoms with Gasteiger partial charge >= 0.3 is 0 Å². The van der Waals surface area contributed by atoms with Crippen LogP contribution in [0.15, 0.2) is 53.4 Å². The summed E-state index contributed by atoms with van der Waals surface area (Å²) in [6.45, 7) is 4.54. The number of fused-ring (bicyclic) bond motifs is 1. The summed E-state index contributed by atoms with van der Waals surface area (Å²) in [5.74, 6) is -0.186. The van der Waals surface area contributed by atoms with Crippen molar-refractivity contribution in [1.29, 1.82) is 0 Å². The van der Waals surface area contributed by atoms with E-state index in [2.05, 4.69) is 41.4 Å². The summed E-state index contributed by atoms with van der Waals surface area (Å²) >= 11 is 0. The van der Waals surface area contributed by atoms with E-state index >= 15 is 0 Å². The van der Waals surface area contributed by atoms with Gasteiger partial charge < -0.3 is 5.32 Å². The van der Waals surface area contributed by atoms with Crippen LogP contribution >= 0.6 is 0 Å². The molecule has 6 heteroatoms. The van der Waals surface area contributed by atoms with Crippen LogP contribution in [-0.2, 0) is 22.8 Å². The molecule has 2 aromatic carbocycles. The third-order valence-electron chi connectivity index (χ3n) is 4.89. The number of sulfone groups is 1. The molecule has 1 aliphatic heterocycles. The van der Waals surface area contributed by atoms with Gasteiger partial charge in [0.25, 0.3) is 5.91 Å². The van der Waals surface area contributed by atoms with E-state index in [4.69, 9.17) is 0 Å². The Hall–Kier alpha value is -2.18. The van der Waals surface area contributed by atoms with Gasteiger partial charge in [-0.1, -0.05) is 24.3 Å². The standard InChI is InChI=1S/C20H24N2O3S/c1-15(22-12-11-16-5-3-4-6-18(16)14-22)13-21-20(23)17-7-9-19(10-8-17)26(2,24)25/h3-10,15H,11-14H2,1-2H3,(H,21,23). The highest BCUT2D eigenvalue weighted by molar-refractivity contribution is 7.90. The summed E-state index contributed by atoms with van der Waals surface area (Å²) in [5.41, 5.74) is 3.23. The maximum Gasteiger partial charge on any atom is 0.251 e. The van der Waals surface area contributed by atoms with Crippen LogP contribution in [0.5, 0.6) is 0 Å². The lowest BCUT2D eigenvalue weighted by Crippen LogP contribution is -2.44. The fourth-order valence-corrected chi connectivity index (χ4v) is 3.85. The predicted octanol–water partition coefficient (Wildman–Crippen LogP) is 2.27. The van der Waals surface area contributed by atoms with Crippen molar-refractivity contribution < 1.29 is 13.2 Å². The van der Waals surface area contributed by atoms with Crippen molar-refractivity contribution in [3.05, 3.63) is 65.2 Å². The van der Waals surface area contributed by atoms with Gasteiger partial charge in [0, 0.05) is 37.5 Å². The maximum atomic E-state index is 12.3. The number of benzene rings is 2. The van der Waals surface area contributed by atoms with E-state index in [0.717, 1.165) is 25.8 Å². The van der Waals surface area contributed by atoms with Crippen LogP contribution in [0.1, 0.15) is 28.4 Å². The molecule has 3 rings (SSSR count). The molecule has 0 radical (unpaired) electrons. The van der Waals surface area contributed by atoms with Gasteiger partial charge in [0.1, 0.15) is 0 Å².